The van der Waals surface area contributed by atoms with Crippen LogP contribution in [0.5, 0.6) is 0 Å². The predicted molar refractivity (Wildman–Crippen MR) is 62.1 cm³/mol. The quantitative estimate of drug-likeness (QED) is 0.860. The van der Waals surface area contributed by atoms with Crippen LogP contribution < -0.4 is 5.73 Å². The Balaban J connectivity index is 2.87. The summed E-state index contributed by atoms with van der Waals surface area (Å²) in [5.41, 5.74) is 6.43. The lowest BCUT2D eigenvalue weighted by molar-refractivity contribution is 0.0611. The molecule has 0 aliphatic rings. The van der Waals surface area contributed by atoms with Crippen molar-refractivity contribution in [3.8, 4) is 0 Å². The van der Waals surface area contributed by atoms with Crippen LogP contribution in [0.25, 0.3) is 0 Å². The van der Waals surface area contributed by atoms with Crippen LogP contribution in [0.2, 0.25) is 0 Å². The largest absolute Gasteiger partial charge is 0.397 e. The first-order valence-corrected chi connectivity index (χ1v) is 5.45. The van der Waals surface area contributed by atoms with Crippen LogP contribution in [0.4, 0.5) is 14.5 Å². The van der Waals surface area contributed by atoms with Gasteiger partial charge in [-0.2, -0.15) is 0 Å². The molecular formula is C11H17F2N3O. The molecule has 0 spiro atoms. The number of rotatable bonds is 5. The van der Waals surface area contributed by atoms with Gasteiger partial charge in [0.25, 0.3) is 12.3 Å². The van der Waals surface area contributed by atoms with E-state index in [1.807, 2.05) is 6.92 Å². The molecule has 0 unspecified atom stereocenters. The Morgan fingerprint density at radius 1 is 1.59 bits per heavy atom. The first-order valence-electron chi connectivity index (χ1n) is 5.45. The van der Waals surface area contributed by atoms with Gasteiger partial charge >= 0.3 is 0 Å². The summed E-state index contributed by atoms with van der Waals surface area (Å²) in [6, 6.07) is 1.51. The van der Waals surface area contributed by atoms with E-state index in [0.717, 1.165) is 11.3 Å². The molecule has 4 nitrogen and oxygen atoms in total. The molecule has 1 aromatic heterocycles. The summed E-state index contributed by atoms with van der Waals surface area (Å²) in [5.74, 6) is -0.435. The fourth-order valence-electron chi connectivity index (χ4n) is 1.62. The highest BCUT2D eigenvalue weighted by atomic mass is 19.3. The average molecular weight is 245 g/mol. The maximum atomic E-state index is 12.2. The van der Waals surface area contributed by atoms with Crippen molar-refractivity contribution in [1.29, 1.82) is 0 Å². The van der Waals surface area contributed by atoms with Crippen molar-refractivity contribution >= 4 is 11.6 Å². The normalized spacial score (nSPS) is 10.9. The number of hydrogen-bond donors (Lipinski definition) is 1. The molecular weight excluding hydrogens is 228 g/mol. The van der Waals surface area contributed by atoms with Gasteiger partial charge in [-0.25, -0.2) is 8.78 Å². The molecule has 0 fully saturated rings. The molecule has 0 bridgehead atoms. The van der Waals surface area contributed by atoms with Crippen molar-refractivity contribution in [2.45, 2.75) is 26.3 Å². The minimum absolute atomic E-state index is 0.354. The van der Waals surface area contributed by atoms with Gasteiger partial charge in [-0.1, -0.05) is 6.92 Å². The van der Waals surface area contributed by atoms with E-state index in [-0.39, 0.29) is 0 Å². The fourth-order valence-corrected chi connectivity index (χ4v) is 1.62. The number of carbonyl (C=O) groups excluding carboxylic acids is 1. The molecule has 0 saturated carbocycles. The highest BCUT2D eigenvalue weighted by Gasteiger charge is 2.19. The Morgan fingerprint density at radius 2 is 2.24 bits per heavy atom. The van der Waals surface area contributed by atoms with E-state index in [9.17, 15) is 13.6 Å². The number of halogens is 2. The first-order chi connectivity index (χ1) is 7.95. The summed E-state index contributed by atoms with van der Waals surface area (Å²) in [4.78, 5) is 12.9. The van der Waals surface area contributed by atoms with Gasteiger partial charge in [-0.3, -0.25) is 4.79 Å². The highest BCUT2D eigenvalue weighted by Crippen LogP contribution is 2.14. The summed E-state index contributed by atoms with van der Waals surface area (Å²) in [6.07, 6.45) is -0.0456. The molecule has 0 atom stereocenters. The second kappa shape index (κ2) is 5.65. The molecule has 0 aromatic carbocycles. The molecule has 1 aromatic rings. The first kappa shape index (κ1) is 13.5. The SMILES string of the molecule is CCCn1cc(N)cc1C(=O)N(C)CC(F)F. The third-order valence-electron chi connectivity index (χ3n) is 2.36. The second-order valence-electron chi connectivity index (χ2n) is 3.93. The number of carbonyl (C=O) groups is 1. The van der Waals surface area contributed by atoms with Crippen LogP contribution in [-0.2, 0) is 6.54 Å². The monoisotopic (exact) mass is 245 g/mol. The molecule has 17 heavy (non-hydrogen) atoms. The van der Waals surface area contributed by atoms with E-state index in [4.69, 9.17) is 5.73 Å². The summed E-state index contributed by atoms with van der Waals surface area (Å²) >= 11 is 0. The smallest absolute Gasteiger partial charge is 0.270 e. The van der Waals surface area contributed by atoms with Gasteiger partial charge in [0, 0.05) is 19.8 Å². The predicted octanol–water partition coefficient (Wildman–Crippen LogP) is 1.82. The Bertz CT molecular complexity index is 390. The summed E-state index contributed by atoms with van der Waals surface area (Å²) in [7, 11) is 1.36. The van der Waals surface area contributed by atoms with E-state index < -0.39 is 18.9 Å². The van der Waals surface area contributed by atoms with Crippen LogP contribution in [0.15, 0.2) is 12.3 Å². The van der Waals surface area contributed by atoms with Crippen molar-refractivity contribution in [1.82, 2.24) is 9.47 Å². The highest BCUT2D eigenvalue weighted by molar-refractivity contribution is 5.93. The lowest BCUT2D eigenvalue weighted by atomic mass is 10.3. The van der Waals surface area contributed by atoms with Crippen molar-refractivity contribution in [2.24, 2.45) is 0 Å². The van der Waals surface area contributed by atoms with Gasteiger partial charge in [-0.15, -0.1) is 0 Å². The molecule has 0 aliphatic heterocycles. The molecule has 96 valence electrons. The van der Waals surface area contributed by atoms with Crippen molar-refractivity contribution in [3.63, 3.8) is 0 Å². The van der Waals surface area contributed by atoms with Crippen LogP contribution in [-0.4, -0.2) is 35.4 Å². The zero-order valence-corrected chi connectivity index (χ0v) is 9.99. The number of anilines is 1. The number of nitrogens with zero attached hydrogens (tertiary/aromatic N) is 2. The number of hydrogen-bond acceptors (Lipinski definition) is 2. The summed E-state index contributed by atoms with van der Waals surface area (Å²) < 4.78 is 26.1. The van der Waals surface area contributed by atoms with E-state index in [1.54, 1.807) is 10.8 Å². The van der Waals surface area contributed by atoms with E-state index in [0.29, 0.717) is 17.9 Å². The van der Waals surface area contributed by atoms with E-state index >= 15 is 0 Å². The third-order valence-corrected chi connectivity index (χ3v) is 2.36. The van der Waals surface area contributed by atoms with E-state index in [1.165, 1.54) is 13.1 Å². The van der Waals surface area contributed by atoms with Crippen LogP contribution >= 0.6 is 0 Å². The van der Waals surface area contributed by atoms with Crippen molar-refractivity contribution in [3.05, 3.63) is 18.0 Å². The fraction of sp³-hybridized carbons (Fsp3) is 0.545. The number of alkyl halides is 2. The van der Waals surface area contributed by atoms with Crippen LogP contribution in [0, 0.1) is 0 Å². The number of nitrogen functional groups attached to an aromatic ring is 1. The van der Waals surface area contributed by atoms with Gasteiger partial charge in [-0.05, 0) is 12.5 Å². The van der Waals surface area contributed by atoms with Crippen LogP contribution in [0.3, 0.4) is 0 Å². The zero-order chi connectivity index (χ0) is 13.0. The lowest BCUT2D eigenvalue weighted by Crippen LogP contribution is -2.32. The molecule has 0 radical (unpaired) electrons. The van der Waals surface area contributed by atoms with Gasteiger partial charge in [0.15, 0.2) is 0 Å². The number of aromatic nitrogens is 1. The maximum Gasteiger partial charge on any atom is 0.270 e. The van der Waals surface area contributed by atoms with E-state index in [2.05, 4.69) is 0 Å². The Labute approximate surface area is 99.0 Å². The van der Waals surface area contributed by atoms with Gasteiger partial charge in [0.2, 0.25) is 0 Å². The molecule has 1 rings (SSSR count). The molecule has 6 heteroatoms. The maximum absolute atomic E-state index is 12.2. The molecule has 0 aliphatic carbocycles. The Kier molecular flexibility index (Phi) is 4.48. The van der Waals surface area contributed by atoms with Crippen molar-refractivity contribution < 1.29 is 13.6 Å². The topological polar surface area (TPSA) is 51.3 Å². The average Bonchev–Trinajstić information content (AvgIpc) is 2.58. The summed E-state index contributed by atoms with van der Waals surface area (Å²) in [6.45, 7) is 2.03. The molecule has 2 N–H and O–H groups in total. The molecule has 1 heterocycles. The van der Waals surface area contributed by atoms with Gasteiger partial charge in [0.1, 0.15) is 5.69 Å². The van der Waals surface area contributed by atoms with Gasteiger partial charge < -0.3 is 15.2 Å². The second-order valence-corrected chi connectivity index (χ2v) is 3.93. The third kappa shape index (κ3) is 3.44. The zero-order valence-electron chi connectivity index (χ0n) is 9.99. The molecule has 1 amide bonds. The van der Waals surface area contributed by atoms with Gasteiger partial charge in [0.05, 0.1) is 12.2 Å². The number of amides is 1. The Hall–Kier alpha value is -1.59. The number of nitrogens with two attached hydrogens (primary N) is 1. The minimum Gasteiger partial charge on any atom is -0.397 e. The summed E-state index contributed by atoms with van der Waals surface area (Å²) in [5, 5.41) is 0. The number of aryl methyl sites for hydroxylation is 1. The van der Waals surface area contributed by atoms with Crippen LogP contribution in [0.1, 0.15) is 23.8 Å². The Morgan fingerprint density at radius 3 is 2.76 bits per heavy atom. The standard InChI is InChI=1S/C11H17F2N3O/c1-3-4-16-6-8(14)5-9(16)11(17)15(2)7-10(12)13/h5-6,10H,3-4,7,14H2,1-2H3. The van der Waals surface area contributed by atoms with Crippen molar-refractivity contribution in [2.75, 3.05) is 19.3 Å². The lowest BCUT2D eigenvalue weighted by Gasteiger charge is -2.17. The minimum atomic E-state index is -2.53. The molecule has 0 saturated heterocycles.